The Morgan fingerprint density at radius 1 is 1.25 bits per heavy atom. The molecule has 0 atom stereocenters. The largest absolute Gasteiger partial charge is 0.494 e. The number of imidazole rings is 1. The van der Waals surface area contributed by atoms with Gasteiger partial charge in [0.1, 0.15) is 0 Å². The molecule has 3 aromatic rings. The molecule has 0 radical (unpaired) electrons. The number of rotatable bonds is 3. The molecule has 0 unspecified atom stereocenters. The van der Waals surface area contributed by atoms with Crippen molar-refractivity contribution in [2.45, 2.75) is 0 Å². The maximum absolute atomic E-state index is 13.6. The summed E-state index contributed by atoms with van der Waals surface area (Å²) in [6.07, 6.45) is 0. The predicted octanol–water partition coefficient (Wildman–Crippen LogP) is 2.94. The molecule has 1 aromatic heterocycles. The van der Waals surface area contributed by atoms with Gasteiger partial charge in [-0.1, -0.05) is 12.1 Å². The average Bonchev–Trinajstić information content (AvgIpc) is 2.90. The van der Waals surface area contributed by atoms with Gasteiger partial charge in [0.05, 0.1) is 18.1 Å². The number of aromatic nitrogens is 2. The number of hydrogen-bond acceptors (Lipinski definition) is 3. The Hall–Kier alpha value is -2.69. The van der Waals surface area contributed by atoms with Crippen molar-refractivity contribution in [3.05, 3.63) is 59.7 Å². The molecule has 3 rings (SSSR count). The monoisotopic (exact) mass is 270 g/mol. The third kappa shape index (κ3) is 2.03. The quantitative estimate of drug-likeness (QED) is 0.744. The van der Waals surface area contributed by atoms with Gasteiger partial charge in [-0.3, -0.25) is 4.79 Å². The van der Waals surface area contributed by atoms with Crippen LogP contribution in [0.5, 0.6) is 5.75 Å². The van der Waals surface area contributed by atoms with Crippen LogP contribution in [0.3, 0.4) is 0 Å². The van der Waals surface area contributed by atoms with E-state index in [1.54, 1.807) is 6.07 Å². The molecule has 1 N–H and O–H groups in total. The summed E-state index contributed by atoms with van der Waals surface area (Å²) in [5, 5.41) is 0. The highest BCUT2D eigenvalue weighted by molar-refractivity contribution is 6.08. The lowest BCUT2D eigenvalue weighted by atomic mass is 10.1. The molecule has 100 valence electrons. The number of ketones is 1. The van der Waals surface area contributed by atoms with Gasteiger partial charge in [-0.05, 0) is 30.3 Å². The van der Waals surface area contributed by atoms with E-state index >= 15 is 0 Å². The van der Waals surface area contributed by atoms with E-state index in [2.05, 4.69) is 9.97 Å². The number of carbonyl (C=O) groups is 1. The van der Waals surface area contributed by atoms with E-state index in [-0.39, 0.29) is 22.9 Å². The second-order valence-electron chi connectivity index (χ2n) is 4.28. The van der Waals surface area contributed by atoms with Crippen LogP contribution in [0.15, 0.2) is 42.5 Å². The highest BCUT2D eigenvalue weighted by atomic mass is 19.1. The number of carbonyl (C=O) groups excluding carboxylic acids is 1. The molecule has 0 aliphatic heterocycles. The van der Waals surface area contributed by atoms with Crippen molar-refractivity contribution >= 4 is 16.8 Å². The summed E-state index contributed by atoms with van der Waals surface area (Å²) in [5.74, 6) is -0.640. The molecule has 0 fully saturated rings. The van der Waals surface area contributed by atoms with Gasteiger partial charge in [0.15, 0.2) is 17.4 Å². The first-order valence-corrected chi connectivity index (χ1v) is 6.02. The molecular weight excluding hydrogens is 259 g/mol. The summed E-state index contributed by atoms with van der Waals surface area (Å²) < 4.78 is 18.4. The van der Waals surface area contributed by atoms with Gasteiger partial charge in [-0.15, -0.1) is 0 Å². The minimum atomic E-state index is -0.575. The summed E-state index contributed by atoms with van der Waals surface area (Å²) in [7, 11) is 1.37. The Kier molecular flexibility index (Phi) is 2.95. The van der Waals surface area contributed by atoms with Gasteiger partial charge in [-0.25, -0.2) is 9.37 Å². The van der Waals surface area contributed by atoms with Crippen LogP contribution in [0.1, 0.15) is 16.2 Å². The third-order valence-corrected chi connectivity index (χ3v) is 3.02. The maximum Gasteiger partial charge on any atom is 0.228 e. The van der Waals surface area contributed by atoms with Gasteiger partial charge in [-0.2, -0.15) is 0 Å². The highest BCUT2D eigenvalue weighted by Crippen LogP contribution is 2.20. The number of methoxy groups -OCH3 is 1. The molecule has 0 aliphatic rings. The Labute approximate surface area is 114 Å². The zero-order chi connectivity index (χ0) is 14.1. The molecule has 4 nitrogen and oxygen atoms in total. The number of nitrogens with zero attached hydrogens (tertiary/aromatic N) is 1. The number of nitrogens with one attached hydrogen (secondary N) is 1. The molecule has 2 aromatic carbocycles. The number of fused-ring (bicyclic) bond motifs is 1. The van der Waals surface area contributed by atoms with Crippen molar-refractivity contribution in [2.75, 3.05) is 7.11 Å². The molecular formula is C15H11FN2O2. The van der Waals surface area contributed by atoms with Gasteiger partial charge < -0.3 is 9.72 Å². The molecule has 0 bridgehead atoms. The normalized spacial score (nSPS) is 10.7. The van der Waals surface area contributed by atoms with Crippen molar-refractivity contribution in [2.24, 2.45) is 0 Å². The van der Waals surface area contributed by atoms with Crippen molar-refractivity contribution in [1.82, 2.24) is 9.97 Å². The van der Waals surface area contributed by atoms with E-state index < -0.39 is 5.82 Å². The lowest BCUT2D eigenvalue weighted by Crippen LogP contribution is -2.04. The fourth-order valence-electron chi connectivity index (χ4n) is 2.00. The van der Waals surface area contributed by atoms with E-state index in [0.29, 0.717) is 5.52 Å². The maximum atomic E-state index is 13.6. The van der Waals surface area contributed by atoms with Crippen LogP contribution in [-0.4, -0.2) is 22.9 Å². The second kappa shape index (κ2) is 4.77. The number of benzene rings is 2. The lowest BCUT2D eigenvalue weighted by Gasteiger charge is -2.03. The summed E-state index contributed by atoms with van der Waals surface area (Å²) in [4.78, 5) is 19.4. The minimum absolute atomic E-state index is 0.103. The van der Waals surface area contributed by atoms with Crippen molar-refractivity contribution < 1.29 is 13.9 Å². The number of hydrogen-bond donors (Lipinski definition) is 1. The Balaban J connectivity index is 2.01. The topological polar surface area (TPSA) is 55.0 Å². The van der Waals surface area contributed by atoms with E-state index in [1.807, 2.05) is 18.2 Å². The Morgan fingerprint density at radius 3 is 2.75 bits per heavy atom. The smallest absolute Gasteiger partial charge is 0.228 e. The molecule has 0 aliphatic carbocycles. The van der Waals surface area contributed by atoms with E-state index in [9.17, 15) is 9.18 Å². The zero-order valence-electron chi connectivity index (χ0n) is 10.7. The van der Waals surface area contributed by atoms with E-state index in [0.717, 1.165) is 11.6 Å². The number of halogens is 1. The van der Waals surface area contributed by atoms with Crippen LogP contribution in [0, 0.1) is 5.82 Å². The first-order valence-electron chi connectivity index (χ1n) is 6.02. The SMILES string of the molecule is COc1ccc(C(=O)c2nc3ccccc3[nH]2)cc1F. The fourth-order valence-corrected chi connectivity index (χ4v) is 2.00. The summed E-state index contributed by atoms with van der Waals surface area (Å²) in [6, 6.07) is 11.4. The number of ether oxygens (including phenoxy) is 1. The molecule has 0 saturated heterocycles. The third-order valence-electron chi connectivity index (χ3n) is 3.02. The Bertz CT molecular complexity index is 762. The summed E-state index contributed by atoms with van der Waals surface area (Å²) in [6.45, 7) is 0. The average molecular weight is 270 g/mol. The van der Waals surface area contributed by atoms with Crippen LogP contribution in [-0.2, 0) is 0 Å². The molecule has 0 amide bonds. The van der Waals surface area contributed by atoms with Gasteiger partial charge >= 0.3 is 0 Å². The first-order chi connectivity index (χ1) is 9.69. The summed E-state index contributed by atoms with van der Waals surface area (Å²) >= 11 is 0. The molecule has 5 heteroatoms. The van der Waals surface area contributed by atoms with Crippen molar-refractivity contribution in [3.8, 4) is 5.75 Å². The van der Waals surface area contributed by atoms with E-state index in [1.165, 1.54) is 19.2 Å². The predicted molar refractivity (Wildman–Crippen MR) is 72.5 cm³/mol. The van der Waals surface area contributed by atoms with Crippen molar-refractivity contribution in [3.63, 3.8) is 0 Å². The van der Waals surface area contributed by atoms with Crippen molar-refractivity contribution in [1.29, 1.82) is 0 Å². The zero-order valence-corrected chi connectivity index (χ0v) is 10.7. The highest BCUT2D eigenvalue weighted by Gasteiger charge is 2.15. The molecule has 0 spiro atoms. The number of H-pyrrole nitrogens is 1. The van der Waals surface area contributed by atoms with Gasteiger partial charge in [0.25, 0.3) is 0 Å². The molecule has 1 heterocycles. The molecule has 20 heavy (non-hydrogen) atoms. The summed E-state index contributed by atoms with van der Waals surface area (Å²) in [5.41, 5.74) is 1.69. The number of para-hydroxylation sites is 2. The van der Waals surface area contributed by atoms with Crippen LogP contribution in [0.4, 0.5) is 4.39 Å². The van der Waals surface area contributed by atoms with Crippen LogP contribution in [0.2, 0.25) is 0 Å². The molecule has 0 saturated carbocycles. The standard InChI is InChI=1S/C15H11FN2O2/c1-20-13-7-6-9(8-10(13)16)14(19)15-17-11-4-2-3-5-12(11)18-15/h2-8H,1H3,(H,17,18). The Morgan fingerprint density at radius 2 is 2.05 bits per heavy atom. The second-order valence-corrected chi connectivity index (χ2v) is 4.28. The fraction of sp³-hybridized carbons (Fsp3) is 0.0667. The lowest BCUT2D eigenvalue weighted by molar-refractivity contribution is 0.103. The number of aromatic amines is 1. The van der Waals surface area contributed by atoms with Gasteiger partial charge in [0, 0.05) is 5.56 Å². The van der Waals surface area contributed by atoms with Gasteiger partial charge in [0.2, 0.25) is 5.78 Å². The van der Waals surface area contributed by atoms with E-state index in [4.69, 9.17) is 4.74 Å². The first kappa shape index (κ1) is 12.3. The van der Waals surface area contributed by atoms with Crippen LogP contribution >= 0.6 is 0 Å². The van der Waals surface area contributed by atoms with Crippen LogP contribution < -0.4 is 4.74 Å². The minimum Gasteiger partial charge on any atom is -0.494 e. The van der Waals surface area contributed by atoms with Crippen LogP contribution in [0.25, 0.3) is 11.0 Å².